The fourth-order valence-corrected chi connectivity index (χ4v) is 2.94. The minimum Gasteiger partial charge on any atom is -0.508 e. The van der Waals surface area contributed by atoms with Gasteiger partial charge in [0.15, 0.2) is 0 Å². The zero-order chi connectivity index (χ0) is 13.4. The van der Waals surface area contributed by atoms with Gasteiger partial charge in [-0.1, -0.05) is 12.1 Å². The van der Waals surface area contributed by atoms with Crippen molar-refractivity contribution in [3.63, 3.8) is 0 Å². The Morgan fingerprint density at radius 2 is 2.05 bits per heavy atom. The van der Waals surface area contributed by atoms with Crippen LogP contribution in [-0.4, -0.2) is 53.2 Å². The Morgan fingerprint density at radius 1 is 1.32 bits per heavy atom. The van der Waals surface area contributed by atoms with Gasteiger partial charge in [-0.05, 0) is 24.6 Å². The largest absolute Gasteiger partial charge is 0.508 e. The highest BCUT2D eigenvalue weighted by atomic mass is 16.3. The molecular formula is C14H19N3O2. The van der Waals surface area contributed by atoms with Crippen LogP contribution >= 0.6 is 0 Å². The first kappa shape index (κ1) is 12.3. The molecule has 1 aromatic carbocycles. The lowest BCUT2D eigenvalue weighted by molar-refractivity contribution is 0.0939. The fourth-order valence-electron chi connectivity index (χ4n) is 2.94. The van der Waals surface area contributed by atoms with Crippen LogP contribution in [0.4, 0.5) is 4.79 Å². The van der Waals surface area contributed by atoms with E-state index in [1.165, 1.54) is 5.56 Å². The van der Waals surface area contributed by atoms with Crippen molar-refractivity contribution in [2.24, 2.45) is 0 Å². The summed E-state index contributed by atoms with van der Waals surface area (Å²) in [5.74, 6) is 0.298. The Labute approximate surface area is 112 Å². The van der Waals surface area contributed by atoms with E-state index in [9.17, 15) is 9.90 Å². The fraction of sp³-hybridized carbons (Fsp3) is 0.500. The van der Waals surface area contributed by atoms with E-state index >= 15 is 0 Å². The molecule has 2 aliphatic heterocycles. The molecule has 2 unspecified atom stereocenters. The lowest BCUT2D eigenvalue weighted by atomic mass is 10.0. The minimum atomic E-state index is 0.0712. The molecule has 0 aliphatic carbocycles. The molecule has 0 radical (unpaired) electrons. The first-order chi connectivity index (χ1) is 9.15. The highest BCUT2D eigenvalue weighted by Gasteiger charge is 2.36. The van der Waals surface area contributed by atoms with Crippen molar-refractivity contribution >= 4 is 6.03 Å². The van der Waals surface area contributed by atoms with E-state index < -0.39 is 0 Å². The summed E-state index contributed by atoms with van der Waals surface area (Å²) >= 11 is 0. The molecular weight excluding hydrogens is 242 g/mol. The molecule has 2 atom stereocenters. The summed E-state index contributed by atoms with van der Waals surface area (Å²) in [4.78, 5) is 15.9. The normalized spacial score (nSPS) is 25.0. The van der Waals surface area contributed by atoms with E-state index in [-0.39, 0.29) is 6.03 Å². The third-order valence-corrected chi connectivity index (χ3v) is 4.19. The van der Waals surface area contributed by atoms with Gasteiger partial charge in [0.2, 0.25) is 0 Å². The van der Waals surface area contributed by atoms with E-state index in [2.05, 4.69) is 17.1 Å². The van der Waals surface area contributed by atoms with Crippen molar-refractivity contribution in [2.45, 2.75) is 19.0 Å². The predicted molar refractivity (Wildman–Crippen MR) is 72.0 cm³/mol. The second kappa shape index (κ2) is 4.74. The van der Waals surface area contributed by atoms with E-state index in [1.807, 2.05) is 17.0 Å². The molecule has 5 nitrogen and oxygen atoms in total. The summed E-state index contributed by atoms with van der Waals surface area (Å²) in [6.07, 6.45) is 0. The molecule has 102 valence electrons. The molecule has 2 aliphatic rings. The molecule has 2 N–H and O–H groups in total. The van der Waals surface area contributed by atoms with Crippen molar-refractivity contribution in [1.29, 1.82) is 0 Å². The molecule has 1 aromatic rings. The van der Waals surface area contributed by atoms with Crippen molar-refractivity contribution in [3.8, 4) is 5.75 Å². The van der Waals surface area contributed by atoms with E-state index in [0.29, 0.717) is 17.8 Å². The minimum absolute atomic E-state index is 0.0712. The number of urea groups is 1. The molecule has 3 rings (SSSR count). The van der Waals surface area contributed by atoms with Crippen LogP contribution in [0, 0.1) is 0 Å². The number of amides is 2. The molecule has 2 heterocycles. The van der Waals surface area contributed by atoms with Gasteiger partial charge >= 0.3 is 6.03 Å². The highest BCUT2D eigenvalue weighted by Crippen LogP contribution is 2.25. The monoisotopic (exact) mass is 261 g/mol. The zero-order valence-electron chi connectivity index (χ0n) is 11.0. The van der Waals surface area contributed by atoms with Gasteiger partial charge in [0.25, 0.3) is 0 Å². The maximum absolute atomic E-state index is 11.6. The number of nitrogens with zero attached hydrogens (tertiary/aromatic N) is 2. The van der Waals surface area contributed by atoms with E-state index in [1.54, 1.807) is 12.1 Å². The summed E-state index contributed by atoms with van der Waals surface area (Å²) in [5, 5.41) is 12.2. The molecule has 0 aromatic heterocycles. The second-order valence-electron chi connectivity index (χ2n) is 5.30. The summed E-state index contributed by atoms with van der Waals surface area (Å²) in [5.41, 5.74) is 1.20. The van der Waals surface area contributed by atoms with Crippen LogP contribution in [0.1, 0.15) is 18.5 Å². The van der Waals surface area contributed by atoms with Gasteiger partial charge in [-0.2, -0.15) is 0 Å². The van der Waals surface area contributed by atoms with E-state index in [4.69, 9.17) is 0 Å². The van der Waals surface area contributed by atoms with Gasteiger partial charge in [0.1, 0.15) is 5.75 Å². The lowest BCUT2D eigenvalue weighted by Crippen LogP contribution is -2.52. The van der Waals surface area contributed by atoms with Gasteiger partial charge in [-0.15, -0.1) is 0 Å². The number of piperazine rings is 1. The number of hydrogen-bond donors (Lipinski definition) is 2. The number of phenolic OH excluding ortho intramolecular Hbond substituents is 1. The number of carbonyl (C=O) groups excluding carboxylic acids is 1. The first-order valence-corrected chi connectivity index (χ1v) is 6.72. The maximum atomic E-state index is 11.6. The first-order valence-electron chi connectivity index (χ1n) is 6.72. The number of fused-ring (bicyclic) bond motifs is 1. The third kappa shape index (κ3) is 2.26. The van der Waals surface area contributed by atoms with Crippen LogP contribution < -0.4 is 5.32 Å². The highest BCUT2D eigenvalue weighted by molar-refractivity contribution is 5.77. The zero-order valence-corrected chi connectivity index (χ0v) is 11.0. The smallest absolute Gasteiger partial charge is 0.317 e. The van der Waals surface area contributed by atoms with Crippen molar-refractivity contribution in [2.75, 3.05) is 26.2 Å². The summed E-state index contributed by atoms with van der Waals surface area (Å²) in [6, 6.07) is 8.04. The standard InChI is InChI=1S/C14H19N3O2/c1-10(11-2-4-13(18)5-3-11)16-6-7-17-12(9-16)8-15-14(17)19/h2-5,10,12,18H,6-9H2,1H3,(H,15,19). The lowest BCUT2D eigenvalue weighted by Gasteiger charge is -2.39. The molecule has 19 heavy (non-hydrogen) atoms. The molecule has 2 amide bonds. The van der Waals surface area contributed by atoms with Crippen LogP contribution in [0.5, 0.6) is 5.75 Å². The quantitative estimate of drug-likeness (QED) is 0.840. The number of carbonyl (C=O) groups is 1. The van der Waals surface area contributed by atoms with Crippen LogP contribution in [0.3, 0.4) is 0 Å². The Kier molecular flexibility index (Phi) is 3.06. The SMILES string of the molecule is CC(c1ccc(O)cc1)N1CCN2C(=O)NCC2C1. The number of phenols is 1. The van der Waals surface area contributed by atoms with Gasteiger partial charge in [-0.3, -0.25) is 4.90 Å². The third-order valence-electron chi connectivity index (χ3n) is 4.19. The summed E-state index contributed by atoms with van der Waals surface area (Å²) in [6.45, 7) is 5.51. The van der Waals surface area contributed by atoms with Gasteiger partial charge in [0, 0.05) is 32.2 Å². The number of rotatable bonds is 2. The molecule has 5 heteroatoms. The van der Waals surface area contributed by atoms with Crippen LogP contribution in [-0.2, 0) is 0 Å². The number of benzene rings is 1. The van der Waals surface area contributed by atoms with Crippen LogP contribution in [0.25, 0.3) is 0 Å². The Balaban J connectivity index is 1.70. The number of nitrogens with one attached hydrogen (secondary N) is 1. The van der Waals surface area contributed by atoms with Gasteiger partial charge in [-0.25, -0.2) is 4.79 Å². The van der Waals surface area contributed by atoms with Gasteiger partial charge < -0.3 is 15.3 Å². The average molecular weight is 261 g/mol. The van der Waals surface area contributed by atoms with Crippen LogP contribution in [0.15, 0.2) is 24.3 Å². The van der Waals surface area contributed by atoms with Crippen molar-refractivity contribution in [1.82, 2.24) is 15.1 Å². The van der Waals surface area contributed by atoms with E-state index in [0.717, 1.165) is 26.2 Å². The molecule has 0 saturated carbocycles. The second-order valence-corrected chi connectivity index (χ2v) is 5.30. The molecule has 2 saturated heterocycles. The van der Waals surface area contributed by atoms with Gasteiger partial charge in [0.05, 0.1) is 6.04 Å². The Morgan fingerprint density at radius 3 is 2.79 bits per heavy atom. The maximum Gasteiger partial charge on any atom is 0.317 e. The van der Waals surface area contributed by atoms with Crippen molar-refractivity contribution in [3.05, 3.63) is 29.8 Å². The molecule has 0 spiro atoms. The Hall–Kier alpha value is -1.75. The topological polar surface area (TPSA) is 55.8 Å². The number of hydrogen-bond acceptors (Lipinski definition) is 3. The van der Waals surface area contributed by atoms with Crippen LogP contribution in [0.2, 0.25) is 0 Å². The van der Waals surface area contributed by atoms with Crippen molar-refractivity contribution < 1.29 is 9.90 Å². The summed E-state index contributed by atoms with van der Waals surface area (Å²) < 4.78 is 0. The summed E-state index contributed by atoms with van der Waals surface area (Å²) in [7, 11) is 0. The predicted octanol–water partition coefficient (Wildman–Crippen LogP) is 1.16. The molecule has 0 bridgehead atoms. The average Bonchev–Trinajstić information content (AvgIpc) is 2.80. The molecule has 2 fully saturated rings. The Bertz CT molecular complexity index is 474. The number of aromatic hydroxyl groups is 1.